The van der Waals surface area contributed by atoms with Crippen LogP contribution in [-0.4, -0.2) is 19.7 Å². The smallest absolute Gasteiger partial charge is 0.772 e. The standard InChI is InChI=1S/C7H8O2S.Na.2H2O/c8-10(9)6-7-4-2-1-3-5-7;;;/h1-5H,6H2,(H,8,9);;2*1H2/q;+1;;/p-1. The van der Waals surface area contributed by atoms with Gasteiger partial charge in [-0.3, -0.25) is 4.21 Å². The largest absolute Gasteiger partial charge is 1.00 e. The molecular weight excluding hydrogens is 203 g/mol. The Bertz CT molecular complexity index is 229. The fraction of sp³-hybridized carbons (Fsp3) is 0.143. The van der Waals surface area contributed by atoms with Crippen molar-refractivity contribution in [1.29, 1.82) is 0 Å². The van der Waals surface area contributed by atoms with Gasteiger partial charge in [-0.25, -0.2) is 0 Å². The van der Waals surface area contributed by atoms with Crippen LogP contribution in [0.4, 0.5) is 0 Å². The molecular formula is C7H11NaO4S. The fourth-order valence-corrected chi connectivity index (χ4v) is 1.17. The van der Waals surface area contributed by atoms with Gasteiger partial charge in [0.15, 0.2) is 0 Å². The van der Waals surface area contributed by atoms with E-state index in [1.807, 2.05) is 18.2 Å². The fourth-order valence-electron chi connectivity index (χ4n) is 0.710. The van der Waals surface area contributed by atoms with Gasteiger partial charge in [-0.05, 0) is 5.56 Å². The second-order valence-corrected chi connectivity index (χ2v) is 2.83. The van der Waals surface area contributed by atoms with Crippen LogP contribution in [-0.2, 0) is 16.8 Å². The third-order valence-electron chi connectivity index (χ3n) is 1.13. The Morgan fingerprint density at radius 3 is 2.00 bits per heavy atom. The van der Waals surface area contributed by atoms with Gasteiger partial charge >= 0.3 is 29.6 Å². The van der Waals surface area contributed by atoms with Gasteiger partial charge in [0.2, 0.25) is 0 Å². The van der Waals surface area contributed by atoms with Gasteiger partial charge < -0.3 is 15.5 Å². The molecule has 0 amide bonds. The molecule has 70 valence electrons. The molecule has 0 aliphatic rings. The number of hydrogen-bond acceptors (Lipinski definition) is 2. The van der Waals surface area contributed by atoms with Crippen molar-refractivity contribution in [3.05, 3.63) is 35.9 Å². The van der Waals surface area contributed by atoms with Crippen LogP contribution in [0.2, 0.25) is 0 Å². The molecule has 0 saturated heterocycles. The summed E-state index contributed by atoms with van der Waals surface area (Å²) in [6.45, 7) is 0. The van der Waals surface area contributed by atoms with Gasteiger partial charge in [0.05, 0.1) is 0 Å². The summed E-state index contributed by atoms with van der Waals surface area (Å²) in [7, 11) is 0. The number of hydrogen-bond donors (Lipinski definition) is 0. The summed E-state index contributed by atoms with van der Waals surface area (Å²) >= 11 is -1.97. The third-order valence-corrected chi connectivity index (χ3v) is 1.70. The Balaban J connectivity index is -0.000000333. The first-order chi connectivity index (χ1) is 4.79. The zero-order valence-corrected chi connectivity index (χ0v) is 10.1. The Kier molecular flexibility index (Phi) is 15.0. The summed E-state index contributed by atoms with van der Waals surface area (Å²) in [5, 5.41) is 0. The molecule has 1 rings (SSSR count). The summed E-state index contributed by atoms with van der Waals surface area (Å²) in [6, 6.07) is 9.08. The third kappa shape index (κ3) is 8.58. The Morgan fingerprint density at radius 1 is 1.15 bits per heavy atom. The predicted octanol–water partition coefficient (Wildman–Crippen LogP) is -3.58. The maximum absolute atomic E-state index is 10.2. The number of rotatable bonds is 2. The van der Waals surface area contributed by atoms with Gasteiger partial charge in [0.1, 0.15) is 0 Å². The Labute approximate surface area is 102 Å². The first-order valence-corrected chi connectivity index (χ1v) is 4.13. The van der Waals surface area contributed by atoms with Crippen molar-refractivity contribution >= 4 is 11.1 Å². The molecule has 0 fully saturated rings. The zero-order valence-electron chi connectivity index (χ0n) is 7.32. The molecule has 4 N–H and O–H groups in total. The minimum atomic E-state index is -1.97. The van der Waals surface area contributed by atoms with Crippen LogP contribution >= 0.6 is 0 Å². The predicted molar refractivity (Wildman–Crippen MR) is 46.3 cm³/mol. The normalized spacial score (nSPS) is 9.92. The Hall–Kier alpha value is 0.250. The maximum atomic E-state index is 10.2. The summed E-state index contributed by atoms with van der Waals surface area (Å²) in [5.41, 5.74) is 0.829. The average Bonchev–Trinajstić information content (AvgIpc) is 1.88. The van der Waals surface area contributed by atoms with E-state index in [1.54, 1.807) is 12.1 Å². The number of benzene rings is 1. The van der Waals surface area contributed by atoms with Crippen LogP contribution < -0.4 is 29.6 Å². The van der Waals surface area contributed by atoms with E-state index in [2.05, 4.69) is 0 Å². The van der Waals surface area contributed by atoms with Crippen LogP contribution in [0, 0.1) is 0 Å². The van der Waals surface area contributed by atoms with E-state index in [-0.39, 0.29) is 46.3 Å². The first kappa shape index (κ1) is 18.9. The molecule has 1 aromatic rings. The molecule has 4 nitrogen and oxygen atoms in total. The first-order valence-electron chi connectivity index (χ1n) is 2.89. The zero-order chi connectivity index (χ0) is 7.40. The van der Waals surface area contributed by atoms with E-state index >= 15 is 0 Å². The van der Waals surface area contributed by atoms with E-state index in [4.69, 9.17) is 0 Å². The minimum Gasteiger partial charge on any atom is -0.772 e. The van der Waals surface area contributed by atoms with Crippen molar-refractivity contribution in [2.24, 2.45) is 0 Å². The molecule has 0 radical (unpaired) electrons. The SMILES string of the molecule is O.O.O=S([O-])Cc1ccccc1.[Na+]. The van der Waals surface area contributed by atoms with Gasteiger partial charge in [-0.2, -0.15) is 0 Å². The van der Waals surface area contributed by atoms with Crippen LogP contribution in [0.1, 0.15) is 5.56 Å². The van der Waals surface area contributed by atoms with Crippen molar-refractivity contribution in [2.75, 3.05) is 0 Å². The van der Waals surface area contributed by atoms with E-state index in [0.717, 1.165) is 5.56 Å². The molecule has 0 bridgehead atoms. The van der Waals surface area contributed by atoms with Crippen molar-refractivity contribution in [2.45, 2.75) is 5.75 Å². The van der Waals surface area contributed by atoms with Crippen molar-refractivity contribution in [1.82, 2.24) is 0 Å². The van der Waals surface area contributed by atoms with Gasteiger partial charge in [0.25, 0.3) is 0 Å². The van der Waals surface area contributed by atoms with Gasteiger partial charge in [-0.1, -0.05) is 41.4 Å². The molecule has 0 heterocycles. The monoisotopic (exact) mass is 214 g/mol. The van der Waals surface area contributed by atoms with E-state index in [0.29, 0.717) is 0 Å². The molecule has 1 unspecified atom stereocenters. The van der Waals surface area contributed by atoms with E-state index in [9.17, 15) is 8.76 Å². The quantitative estimate of drug-likeness (QED) is 0.375. The van der Waals surface area contributed by atoms with E-state index in [1.165, 1.54) is 0 Å². The van der Waals surface area contributed by atoms with Crippen LogP contribution in [0.5, 0.6) is 0 Å². The second kappa shape index (κ2) is 10.3. The minimum absolute atomic E-state index is 0. The van der Waals surface area contributed by atoms with Crippen molar-refractivity contribution < 1.29 is 49.3 Å². The molecule has 1 aromatic carbocycles. The summed E-state index contributed by atoms with van der Waals surface area (Å²) in [6.07, 6.45) is 0. The average molecular weight is 214 g/mol. The molecule has 1 atom stereocenters. The van der Waals surface area contributed by atoms with Gasteiger partial charge in [0, 0.05) is 5.75 Å². The molecule has 0 aliphatic carbocycles. The summed E-state index contributed by atoms with van der Waals surface area (Å²) in [4.78, 5) is 0. The molecule has 0 spiro atoms. The van der Waals surface area contributed by atoms with Crippen molar-refractivity contribution in [3.63, 3.8) is 0 Å². The van der Waals surface area contributed by atoms with Crippen LogP contribution in [0.3, 0.4) is 0 Å². The topological polar surface area (TPSA) is 103 Å². The van der Waals surface area contributed by atoms with E-state index < -0.39 is 11.1 Å². The van der Waals surface area contributed by atoms with Crippen LogP contribution in [0.15, 0.2) is 30.3 Å². The van der Waals surface area contributed by atoms with Crippen LogP contribution in [0.25, 0.3) is 0 Å². The molecule has 0 saturated carbocycles. The summed E-state index contributed by atoms with van der Waals surface area (Å²) in [5.74, 6) is 0.112. The van der Waals surface area contributed by atoms with Crippen molar-refractivity contribution in [3.8, 4) is 0 Å². The molecule has 0 aliphatic heterocycles. The Morgan fingerprint density at radius 2 is 1.62 bits per heavy atom. The second-order valence-electron chi connectivity index (χ2n) is 1.93. The molecule has 6 heteroatoms. The molecule has 0 aromatic heterocycles. The molecule has 13 heavy (non-hydrogen) atoms. The maximum Gasteiger partial charge on any atom is 1.00 e. The van der Waals surface area contributed by atoms with Gasteiger partial charge in [-0.15, -0.1) is 0 Å². The summed E-state index contributed by atoms with van der Waals surface area (Å²) < 4.78 is 20.3.